The van der Waals surface area contributed by atoms with Crippen molar-refractivity contribution < 1.29 is 18.3 Å². The van der Waals surface area contributed by atoms with Crippen LogP contribution in [-0.2, 0) is 9.05 Å². The summed E-state index contributed by atoms with van der Waals surface area (Å²) in [6.45, 7) is 3.57. The first-order valence-corrected chi connectivity index (χ1v) is 7.77. The summed E-state index contributed by atoms with van der Waals surface area (Å²) in [5.41, 5.74) is -0.0206. The summed E-state index contributed by atoms with van der Waals surface area (Å²) in [6, 6.07) is 5.67. The summed E-state index contributed by atoms with van der Waals surface area (Å²) in [7, 11) is 1.29. The van der Waals surface area contributed by atoms with Crippen molar-refractivity contribution in [2.75, 3.05) is 19.7 Å². The molecule has 1 aromatic rings. The number of hydrogen-bond donors (Lipinski definition) is 1. The fourth-order valence-electron chi connectivity index (χ4n) is 1.58. The number of amides is 1. The number of carbonyl (C=O) groups excluding carboxylic acids is 1. The molecule has 0 aliphatic carbocycles. The van der Waals surface area contributed by atoms with Crippen LogP contribution < -0.4 is 0 Å². The molecule has 104 valence electrons. The Kier molecular flexibility index (Phi) is 5.53. The van der Waals surface area contributed by atoms with Crippen molar-refractivity contribution in [2.45, 2.75) is 4.90 Å². The number of benzene rings is 1. The van der Waals surface area contributed by atoms with Crippen molar-refractivity contribution in [3.63, 3.8) is 0 Å². The highest BCUT2D eigenvalue weighted by Crippen LogP contribution is 2.21. The third-order valence-electron chi connectivity index (χ3n) is 2.39. The molecule has 0 atom stereocenters. The van der Waals surface area contributed by atoms with Gasteiger partial charge in [0.1, 0.15) is 0 Å². The van der Waals surface area contributed by atoms with Gasteiger partial charge >= 0.3 is 0 Å². The third-order valence-corrected chi connectivity index (χ3v) is 3.77. The molecule has 0 bridgehead atoms. The summed E-state index contributed by atoms with van der Waals surface area (Å²) in [5.74, 6) is -0.520. The van der Waals surface area contributed by atoms with Crippen LogP contribution >= 0.6 is 10.7 Å². The van der Waals surface area contributed by atoms with E-state index in [9.17, 15) is 13.2 Å². The minimum absolute atomic E-state index is 0.0206. The molecule has 1 amide bonds. The molecule has 0 saturated carbocycles. The van der Waals surface area contributed by atoms with Crippen LogP contribution in [0.5, 0.6) is 0 Å². The quantitative estimate of drug-likeness (QED) is 0.634. The number of aliphatic hydroxyl groups is 1. The van der Waals surface area contributed by atoms with Crippen molar-refractivity contribution in [1.82, 2.24) is 4.90 Å². The zero-order chi connectivity index (χ0) is 14.5. The van der Waals surface area contributed by atoms with Crippen LogP contribution in [-0.4, -0.2) is 44.0 Å². The SMILES string of the molecule is C=CCN(CCO)C(=O)c1ccccc1S(=O)(=O)Cl. The lowest BCUT2D eigenvalue weighted by molar-refractivity contribution is 0.0739. The Morgan fingerprint density at radius 2 is 2.05 bits per heavy atom. The van der Waals surface area contributed by atoms with Crippen LogP contribution in [0.3, 0.4) is 0 Å². The third kappa shape index (κ3) is 4.05. The fourth-order valence-corrected chi connectivity index (χ4v) is 2.64. The second kappa shape index (κ2) is 6.70. The monoisotopic (exact) mass is 303 g/mol. The molecule has 1 aromatic carbocycles. The topological polar surface area (TPSA) is 74.7 Å². The van der Waals surface area contributed by atoms with E-state index in [1.54, 1.807) is 6.07 Å². The average molecular weight is 304 g/mol. The number of carbonyl (C=O) groups is 1. The highest BCUT2D eigenvalue weighted by molar-refractivity contribution is 8.13. The zero-order valence-corrected chi connectivity index (χ0v) is 11.7. The molecule has 0 aliphatic rings. The van der Waals surface area contributed by atoms with Gasteiger partial charge in [-0.1, -0.05) is 18.2 Å². The molecule has 0 spiro atoms. The van der Waals surface area contributed by atoms with E-state index < -0.39 is 15.0 Å². The summed E-state index contributed by atoms with van der Waals surface area (Å²) in [4.78, 5) is 13.3. The molecule has 1 rings (SSSR count). The molecule has 1 N–H and O–H groups in total. The first-order valence-electron chi connectivity index (χ1n) is 5.46. The Labute approximate surface area is 116 Å². The van der Waals surface area contributed by atoms with E-state index in [1.807, 2.05) is 0 Å². The van der Waals surface area contributed by atoms with Crippen LogP contribution in [0.15, 0.2) is 41.8 Å². The second-order valence-electron chi connectivity index (χ2n) is 3.70. The molecule has 0 heterocycles. The summed E-state index contributed by atoms with van der Waals surface area (Å²) in [6.07, 6.45) is 1.49. The van der Waals surface area contributed by atoms with Gasteiger partial charge in [-0.3, -0.25) is 4.79 Å². The van der Waals surface area contributed by atoms with Crippen LogP contribution in [0.4, 0.5) is 0 Å². The Morgan fingerprint density at radius 1 is 1.42 bits per heavy atom. The lowest BCUT2D eigenvalue weighted by Crippen LogP contribution is -2.34. The molecule has 7 heteroatoms. The van der Waals surface area contributed by atoms with Crippen molar-refractivity contribution in [1.29, 1.82) is 0 Å². The second-order valence-corrected chi connectivity index (χ2v) is 6.23. The predicted molar refractivity (Wildman–Crippen MR) is 72.7 cm³/mol. The van der Waals surface area contributed by atoms with Crippen LogP contribution in [0.25, 0.3) is 0 Å². The van der Waals surface area contributed by atoms with Gasteiger partial charge in [0.15, 0.2) is 0 Å². The van der Waals surface area contributed by atoms with Crippen LogP contribution in [0.1, 0.15) is 10.4 Å². The minimum Gasteiger partial charge on any atom is -0.395 e. The van der Waals surface area contributed by atoms with Crippen LogP contribution in [0.2, 0.25) is 0 Å². The number of hydrogen-bond acceptors (Lipinski definition) is 4. The molecule has 0 radical (unpaired) electrons. The van der Waals surface area contributed by atoms with Crippen LogP contribution in [0, 0.1) is 0 Å². The van der Waals surface area contributed by atoms with E-state index in [0.717, 1.165) is 0 Å². The predicted octanol–water partition coefficient (Wildman–Crippen LogP) is 1.23. The Morgan fingerprint density at radius 3 is 2.58 bits per heavy atom. The van der Waals surface area contributed by atoms with Gasteiger partial charge in [-0.05, 0) is 12.1 Å². The molecule has 0 unspecified atom stereocenters. The summed E-state index contributed by atoms with van der Waals surface area (Å²) in [5, 5.41) is 8.92. The maximum absolute atomic E-state index is 12.2. The van der Waals surface area contributed by atoms with Crippen molar-refractivity contribution in [2.24, 2.45) is 0 Å². The molecule has 0 fully saturated rings. The summed E-state index contributed by atoms with van der Waals surface area (Å²) >= 11 is 0. The van der Waals surface area contributed by atoms with Gasteiger partial charge < -0.3 is 10.0 Å². The van der Waals surface area contributed by atoms with E-state index in [2.05, 4.69) is 6.58 Å². The maximum atomic E-state index is 12.2. The lowest BCUT2D eigenvalue weighted by Gasteiger charge is -2.20. The van der Waals surface area contributed by atoms with E-state index in [-0.39, 0.29) is 30.2 Å². The maximum Gasteiger partial charge on any atom is 0.262 e. The Balaban J connectivity index is 3.21. The standard InChI is InChI=1S/C12H14ClNO4S/c1-2-7-14(8-9-15)12(16)10-5-3-4-6-11(10)19(13,17)18/h2-6,15H,1,7-9H2. The van der Waals surface area contributed by atoms with Gasteiger partial charge in [-0.2, -0.15) is 0 Å². The average Bonchev–Trinajstić information content (AvgIpc) is 2.37. The Bertz CT molecular complexity index is 571. The molecule has 19 heavy (non-hydrogen) atoms. The van der Waals surface area contributed by atoms with E-state index >= 15 is 0 Å². The first-order chi connectivity index (χ1) is 8.91. The zero-order valence-electron chi connectivity index (χ0n) is 10.1. The largest absolute Gasteiger partial charge is 0.395 e. The van der Waals surface area contributed by atoms with Gasteiger partial charge in [0.2, 0.25) is 0 Å². The number of halogens is 1. The number of nitrogens with zero attached hydrogens (tertiary/aromatic N) is 1. The smallest absolute Gasteiger partial charge is 0.262 e. The number of aliphatic hydroxyl groups excluding tert-OH is 1. The van der Waals surface area contributed by atoms with Gasteiger partial charge in [0.05, 0.1) is 17.1 Å². The summed E-state index contributed by atoms with van der Waals surface area (Å²) < 4.78 is 22.8. The van der Waals surface area contributed by atoms with Crippen molar-refractivity contribution >= 4 is 25.6 Å². The molecular weight excluding hydrogens is 290 g/mol. The first kappa shape index (κ1) is 15.7. The van der Waals surface area contributed by atoms with Gasteiger partial charge in [-0.15, -0.1) is 6.58 Å². The molecular formula is C12H14ClNO4S. The van der Waals surface area contributed by atoms with Gasteiger partial charge in [-0.25, -0.2) is 8.42 Å². The Hall–Kier alpha value is -1.37. The van der Waals surface area contributed by atoms with Crippen molar-refractivity contribution in [3.8, 4) is 0 Å². The van der Waals surface area contributed by atoms with E-state index in [0.29, 0.717) is 0 Å². The normalized spacial score (nSPS) is 11.1. The molecule has 5 nitrogen and oxygen atoms in total. The minimum atomic E-state index is -4.01. The van der Waals surface area contributed by atoms with E-state index in [4.69, 9.17) is 15.8 Å². The van der Waals surface area contributed by atoms with E-state index in [1.165, 1.54) is 29.2 Å². The van der Waals surface area contributed by atoms with Gasteiger partial charge in [0, 0.05) is 23.8 Å². The molecule has 0 aromatic heterocycles. The number of rotatable bonds is 6. The molecule has 0 saturated heterocycles. The fraction of sp³-hybridized carbons (Fsp3) is 0.250. The highest BCUT2D eigenvalue weighted by atomic mass is 35.7. The molecule has 0 aliphatic heterocycles. The van der Waals surface area contributed by atoms with Crippen molar-refractivity contribution in [3.05, 3.63) is 42.5 Å². The highest BCUT2D eigenvalue weighted by Gasteiger charge is 2.23. The lowest BCUT2D eigenvalue weighted by atomic mass is 10.2. The van der Waals surface area contributed by atoms with Gasteiger partial charge in [0.25, 0.3) is 15.0 Å².